The van der Waals surface area contributed by atoms with Crippen LogP contribution in [0.5, 0.6) is 0 Å². The lowest BCUT2D eigenvalue weighted by Gasteiger charge is -2.60. The number of hydrogen-bond acceptors (Lipinski definition) is 1. The normalized spacial score (nSPS) is 58.6. The first kappa shape index (κ1) is 13.6. The smallest absolute Gasteiger partial charge is 0.00418 e. The number of rotatable bonds is 0. The van der Waals surface area contributed by atoms with Crippen LogP contribution in [0.2, 0.25) is 0 Å². The van der Waals surface area contributed by atoms with Gasteiger partial charge in [0.05, 0.1) is 0 Å². The number of hydrogen-bond donors (Lipinski definition) is 1. The zero-order valence-electron chi connectivity index (χ0n) is 13.5. The van der Waals surface area contributed by atoms with Gasteiger partial charge in [-0.25, -0.2) is 0 Å². The van der Waals surface area contributed by atoms with Gasteiger partial charge in [0.2, 0.25) is 0 Å². The average molecular weight is 275 g/mol. The van der Waals surface area contributed by atoms with Crippen LogP contribution < -0.4 is 5.73 Å². The van der Waals surface area contributed by atoms with Crippen LogP contribution in [-0.4, -0.2) is 6.04 Å². The lowest BCUT2D eigenvalue weighted by molar-refractivity contribution is -0.105. The van der Waals surface area contributed by atoms with Gasteiger partial charge in [0.15, 0.2) is 0 Å². The van der Waals surface area contributed by atoms with E-state index in [2.05, 4.69) is 13.8 Å². The molecule has 0 heterocycles. The van der Waals surface area contributed by atoms with E-state index in [1.807, 2.05) is 0 Å². The second kappa shape index (κ2) is 4.48. The van der Waals surface area contributed by atoms with Crippen molar-refractivity contribution < 1.29 is 0 Å². The summed E-state index contributed by atoms with van der Waals surface area (Å²) in [5.41, 5.74) is 7.63. The Morgan fingerprint density at radius 1 is 0.850 bits per heavy atom. The molecule has 0 aromatic heterocycles. The summed E-state index contributed by atoms with van der Waals surface area (Å²) < 4.78 is 0. The molecule has 0 radical (unpaired) electrons. The topological polar surface area (TPSA) is 26.0 Å². The molecule has 2 N–H and O–H groups in total. The second-order valence-electron chi connectivity index (χ2n) is 9.28. The van der Waals surface area contributed by atoms with Crippen LogP contribution in [0.15, 0.2) is 0 Å². The highest BCUT2D eigenvalue weighted by molar-refractivity contribution is 5.07. The van der Waals surface area contributed by atoms with Crippen LogP contribution in [-0.2, 0) is 0 Å². The predicted octanol–water partition coefficient (Wildman–Crippen LogP) is 4.75. The van der Waals surface area contributed by atoms with Gasteiger partial charge < -0.3 is 5.73 Å². The Morgan fingerprint density at radius 3 is 2.55 bits per heavy atom. The van der Waals surface area contributed by atoms with E-state index in [0.29, 0.717) is 11.5 Å². The maximum Gasteiger partial charge on any atom is 0.00418 e. The first-order valence-corrected chi connectivity index (χ1v) is 9.28. The summed E-state index contributed by atoms with van der Waals surface area (Å²) in [6, 6.07) is 0.505. The number of nitrogens with two attached hydrogens (primary N) is 1. The van der Waals surface area contributed by atoms with E-state index >= 15 is 0 Å². The molecular weight excluding hydrogens is 242 g/mol. The molecule has 4 aliphatic rings. The van der Waals surface area contributed by atoms with Crippen molar-refractivity contribution in [1.29, 1.82) is 0 Å². The minimum Gasteiger partial charge on any atom is -0.328 e. The summed E-state index contributed by atoms with van der Waals surface area (Å²) in [6.45, 7) is 5.27. The minimum absolute atomic E-state index is 0.505. The highest BCUT2D eigenvalue weighted by Crippen LogP contribution is 2.66. The monoisotopic (exact) mass is 275 g/mol. The van der Waals surface area contributed by atoms with Crippen molar-refractivity contribution in [2.24, 2.45) is 40.2 Å². The quantitative estimate of drug-likeness (QED) is 0.678. The molecule has 1 heteroatoms. The molecule has 0 bridgehead atoms. The van der Waals surface area contributed by atoms with Gasteiger partial charge in [0.25, 0.3) is 0 Å². The summed E-state index contributed by atoms with van der Waals surface area (Å²) in [7, 11) is 0. The maximum absolute atomic E-state index is 6.28. The third-order valence-electron chi connectivity index (χ3n) is 8.49. The van der Waals surface area contributed by atoms with Gasteiger partial charge >= 0.3 is 0 Å². The molecule has 4 saturated carbocycles. The molecule has 4 rings (SSSR count). The first-order chi connectivity index (χ1) is 9.53. The van der Waals surface area contributed by atoms with E-state index < -0.39 is 0 Å². The van der Waals surface area contributed by atoms with Gasteiger partial charge in [-0.15, -0.1) is 0 Å². The van der Waals surface area contributed by atoms with Crippen LogP contribution in [0.3, 0.4) is 0 Å². The van der Waals surface area contributed by atoms with E-state index in [-0.39, 0.29) is 0 Å². The van der Waals surface area contributed by atoms with Crippen molar-refractivity contribution in [2.45, 2.75) is 84.1 Å². The second-order valence-corrected chi connectivity index (χ2v) is 9.28. The van der Waals surface area contributed by atoms with E-state index in [9.17, 15) is 0 Å². The van der Waals surface area contributed by atoms with Gasteiger partial charge in [0, 0.05) is 6.04 Å². The van der Waals surface area contributed by atoms with Crippen LogP contribution in [0.1, 0.15) is 78.1 Å². The molecule has 1 nitrogen and oxygen atoms in total. The largest absolute Gasteiger partial charge is 0.328 e. The highest BCUT2D eigenvalue weighted by atomic mass is 14.7. The molecule has 114 valence electrons. The zero-order valence-corrected chi connectivity index (χ0v) is 13.5. The SMILES string of the molecule is C[C@@]12CCC[C@H]1[C@@H]1CC[C@H]3C[C@@H](N)CC[C@]3(C)[C@H]1CC2. The van der Waals surface area contributed by atoms with Crippen LogP contribution in [0.4, 0.5) is 0 Å². The van der Waals surface area contributed by atoms with E-state index in [1.165, 1.54) is 64.2 Å². The molecule has 4 aliphatic carbocycles. The van der Waals surface area contributed by atoms with Crippen molar-refractivity contribution in [3.8, 4) is 0 Å². The summed E-state index contributed by atoms with van der Waals surface area (Å²) in [6.07, 6.45) is 14.7. The Labute approximate surface area is 125 Å². The molecule has 20 heavy (non-hydrogen) atoms. The fraction of sp³-hybridized carbons (Fsp3) is 1.00. The first-order valence-electron chi connectivity index (χ1n) is 9.28. The fourth-order valence-electron chi connectivity index (χ4n) is 7.28. The van der Waals surface area contributed by atoms with Crippen molar-refractivity contribution >= 4 is 0 Å². The van der Waals surface area contributed by atoms with E-state index in [4.69, 9.17) is 5.73 Å². The minimum atomic E-state index is 0.505. The van der Waals surface area contributed by atoms with E-state index in [0.717, 1.165) is 29.1 Å². The standard InChI is InChI=1S/C19H33N/c1-18-9-3-4-16(18)15-6-5-13-12-14(20)7-11-19(13,2)17(15)8-10-18/h13-17H,3-12,20H2,1-2H3/t13-,14-,15-,16-,17-,18-,19-/m0/s1. The highest BCUT2D eigenvalue weighted by Gasteiger charge is 2.57. The molecule has 0 unspecified atom stereocenters. The maximum atomic E-state index is 6.28. The molecule has 7 atom stereocenters. The Morgan fingerprint density at radius 2 is 1.70 bits per heavy atom. The summed E-state index contributed by atoms with van der Waals surface area (Å²) in [5.74, 6) is 4.10. The molecule has 0 aromatic carbocycles. The zero-order chi connectivity index (χ0) is 14.0. The van der Waals surface area contributed by atoms with E-state index in [1.54, 1.807) is 0 Å². The lowest BCUT2D eigenvalue weighted by atomic mass is 9.45. The lowest BCUT2D eigenvalue weighted by Crippen LogP contribution is -2.53. The third kappa shape index (κ3) is 1.77. The molecule has 0 amide bonds. The van der Waals surface area contributed by atoms with Crippen LogP contribution >= 0.6 is 0 Å². The van der Waals surface area contributed by atoms with Crippen LogP contribution in [0, 0.1) is 34.5 Å². The van der Waals surface area contributed by atoms with Crippen molar-refractivity contribution in [2.75, 3.05) is 0 Å². The average Bonchev–Trinajstić information content (AvgIpc) is 2.81. The molecular formula is C19H33N. The fourth-order valence-corrected chi connectivity index (χ4v) is 7.28. The molecule has 0 aromatic rings. The van der Waals surface area contributed by atoms with Gasteiger partial charge in [-0.3, -0.25) is 0 Å². The molecule has 0 saturated heterocycles. The molecule has 0 aliphatic heterocycles. The van der Waals surface area contributed by atoms with Gasteiger partial charge in [0.1, 0.15) is 0 Å². The van der Waals surface area contributed by atoms with Gasteiger partial charge in [-0.1, -0.05) is 20.3 Å². The summed E-state index contributed by atoms with van der Waals surface area (Å²) in [5, 5.41) is 0. The number of fused-ring (bicyclic) bond motifs is 5. The Hall–Kier alpha value is -0.0400. The molecule has 0 spiro atoms. The predicted molar refractivity (Wildman–Crippen MR) is 84.3 cm³/mol. The van der Waals surface area contributed by atoms with Crippen LogP contribution in [0.25, 0.3) is 0 Å². The van der Waals surface area contributed by atoms with Crippen molar-refractivity contribution in [1.82, 2.24) is 0 Å². The van der Waals surface area contributed by atoms with Gasteiger partial charge in [-0.05, 0) is 92.3 Å². The summed E-state index contributed by atoms with van der Waals surface area (Å²) in [4.78, 5) is 0. The third-order valence-corrected chi connectivity index (χ3v) is 8.49. The molecule has 4 fully saturated rings. The Bertz CT molecular complexity index is 391. The van der Waals surface area contributed by atoms with Gasteiger partial charge in [-0.2, -0.15) is 0 Å². The Kier molecular flexibility index (Phi) is 3.05. The Balaban J connectivity index is 1.62. The summed E-state index contributed by atoms with van der Waals surface area (Å²) >= 11 is 0. The van der Waals surface area contributed by atoms with Crippen molar-refractivity contribution in [3.05, 3.63) is 0 Å². The van der Waals surface area contributed by atoms with Crippen molar-refractivity contribution in [3.63, 3.8) is 0 Å².